The first kappa shape index (κ1) is 19.0. The van der Waals surface area contributed by atoms with Crippen molar-refractivity contribution in [3.8, 4) is 0 Å². The molecule has 25 heavy (non-hydrogen) atoms. The summed E-state index contributed by atoms with van der Waals surface area (Å²) in [5.74, 6) is -0.523. The van der Waals surface area contributed by atoms with Crippen LogP contribution < -0.4 is 0 Å². The average molecular weight is 360 g/mol. The molecule has 0 spiro atoms. The van der Waals surface area contributed by atoms with Gasteiger partial charge in [0.25, 0.3) is 0 Å². The van der Waals surface area contributed by atoms with Gasteiger partial charge in [0.15, 0.2) is 0 Å². The highest BCUT2D eigenvalue weighted by Gasteiger charge is 2.18. The Balaban J connectivity index is 1.97. The van der Waals surface area contributed by atoms with Crippen LogP contribution in [0.2, 0.25) is 5.02 Å². The summed E-state index contributed by atoms with van der Waals surface area (Å²) in [6.45, 7) is 0.213. The van der Waals surface area contributed by atoms with E-state index in [-0.39, 0.29) is 12.5 Å². The largest absolute Gasteiger partial charge is 0.468 e. The van der Waals surface area contributed by atoms with Crippen molar-refractivity contribution in [2.75, 3.05) is 13.7 Å². The number of nitrogens with zero attached hydrogens (tertiary/aromatic N) is 1. The van der Waals surface area contributed by atoms with E-state index in [9.17, 15) is 9.59 Å². The predicted molar refractivity (Wildman–Crippen MR) is 98.3 cm³/mol. The molecule has 5 heteroatoms. The quantitative estimate of drug-likeness (QED) is 0.672. The van der Waals surface area contributed by atoms with Crippen LogP contribution in [0, 0.1) is 0 Å². The van der Waals surface area contributed by atoms with Crippen LogP contribution in [0.1, 0.15) is 24.0 Å². The van der Waals surface area contributed by atoms with E-state index >= 15 is 0 Å². The molecule has 0 aromatic heterocycles. The number of methoxy groups -OCH3 is 1. The van der Waals surface area contributed by atoms with E-state index in [1.807, 2.05) is 48.5 Å². The molecule has 4 nitrogen and oxygen atoms in total. The molecule has 0 atom stereocenters. The number of halogens is 1. The van der Waals surface area contributed by atoms with Crippen LogP contribution >= 0.6 is 11.6 Å². The normalized spacial score (nSPS) is 10.3. The molecular formula is C20H22ClNO3. The number of hydrogen-bond donors (Lipinski definition) is 0. The molecule has 0 bridgehead atoms. The zero-order valence-corrected chi connectivity index (χ0v) is 15.0. The van der Waals surface area contributed by atoms with Crippen molar-refractivity contribution in [2.45, 2.75) is 25.8 Å². The third-order valence-electron chi connectivity index (χ3n) is 3.92. The zero-order chi connectivity index (χ0) is 18.1. The van der Waals surface area contributed by atoms with Crippen LogP contribution in [0.15, 0.2) is 54.6 Å². The number of carbonyl (C=O) groups is 2. The van der Waals surface area contributed by atoms with Crippen molar-refractivity contribution in [1.29, 1.82) is 0 Å². The van der Waals surface area contributed by atoms with Gasteiger partial charge in [0.2, 0.25) is 5.91 Å². The maximum Gasteiger partial charge on any atom is 0.325 e. The van der Waals surface area contributed by atoms with Crippen LogP contribution in [-0.4, -0.2) is 30.4 Å². The molecule has 2 aromatic carbocycles. The highest BCUT2D eigenvalue weighted by Crippen LogP contribution is 2.18. The number of ether oxygens (including phenoxy) is 1. The molecule has 2 aromatic rings. The third-order valence-corrected chi connectivity index (χ3v) is 4.29. The lowest BCUT2D eigenvalue weighted by molar-refractivity contribution is -0.147. The molecule has 0 aliphatic heterocycles. The Morgan fingerprint density at radius 3 is 2.40 bits per heavy atom. The summed E-state index contributed by atoms with van der Waals surface area (Å²) < 4.78 is 4.71. The first-order chi connectivity index (χ1) is 12.1. The molecular weight excluding hydrogens is 338 g/mol. The molecule has 0 heterocycles. The molecule has 132 valence electrons. The molecule has 0 unspecified atom stereocenters. The van der Waals surface area contributed by atoms with Crippen molar-refractivity contribution < 1.29 is 14.3 Å². The molecule has 1 amide bonds. The SMILES string of the molecule is COC(=O)CN(Cc1ccccc1Cl)C(=O)CCCc1ccccc1. The highest BCUT2D eigenvalue weighted by molar-refractivity contribution is 6.31. The average Bonchev–Trinajstić information content (AvgIpc) is 2.63. The van der Waals surface area contributed by atoms with E-state index in [4.69, 9.17) is 16.3 Å². The monoisotopic (exact) mass is 359 g/mol. The molecule has 2 rings (SSSR count). The smallest absolute Gasteiger partial charge is 0.325 e. The van der Waals surface area contributed by atoms with Gasteiger partial charge >= 0.3 is 5.97 Å². The lowest BCUT2D eigenvalue weighted by Crippen LogP contribution is -2.35. The predicted octanol–water partition coefficient (Wildman–Crippen LogP) is 3.86. The van der Waals surface area contributed by atoms with Gasteiger partial charge in [-0.1, -0.05) is 60.1 Å². The summed E-state index contributed by atoms with van der Waals surface area (Å²) in [4.78, 5) is 25.7. The van der Waals surface area contributed by atoms with Gasteiger partial charge in [-0.25, -0.2) is 0 Å². The lowest BCUT2D eigenvalue weighted by atomic mass is 10.1. The Labute approximate surface area is 153 Å². The Bertz CT molecular complexity index is 703. The molecule has 0 aliphatic rings. The van der Waals surface area contributed by atoms with E-state index in [1.165, 1.54) is 17.6 Å². The van der Waals surface area contributed by atoms with Crippen LogP contribution in [0.5, 0.6) is 0 Å². The first-order valence-corrected chi connectivity index (χ1v) is 8.60. The Hall–Kier alpha value is -2.33. The lowest BCUT2D eigenvalue weighted by Gasteiger charge is -2.22. The topological polar surface area (TPSA) is 46.6 Å². The van der Waals surface area contributed by atoms with E-state index in [2.05, 4.69) is 0 Å². The van der Waals surface area contributed by atoms with Gasteiger partial charge in [-0.2, -0.15) is 0 Å². The van der Waals surface area contributed by atoms with Gasteiger partial charge in [0.1, 0.15) is 6.54 Å². The molecule has 0 saturated carbocycles. The van der Waals surface area contributed by atoms with Crippen molar-refractivity contribution in [3.05, 3.63) is 70.7 Å². The maximum absolute atomic E-state index is 12.6. The number of carbonyl (C=O) groups excluding carboxylic acids is 2. The minimum atomic E-state index is -0.441. The van der Waals surface area contributed by atoms with E-state index in [0.29, 0.717) is 18.0 Å². The van der Waals surface area contributed by atoms with Gasteiger partial charge < -0.3 is 9.64 Å². The fourth-order valence-electron chi connectivity index (χ4n) is 2.53. The molecule has 0 aliphatic carbocycles. The first-order valence-electron chi connectivity index (χ1n) is 8.22. The fourth-order valence-corrected chi connectivity index (χ4v) is 2.73. The number of esters is 1. The Morgan fingerprint density at radius 2 is 1.72 bits per heavy atom. The van der Waals surface area contributed by atoms with Gasteiger partial charge in [0.05, 0.1) is 7.11 Å². The fraction of sp³-hybridized carbons (Fsp3) is 0.300. The number of aryl methyl sites for hydroxylation is 1. The molecule has 0 radical (unpaired) electrons. The summed E-state index contributed by atoms with van der Waals surface area (Å²) in [7, 11) is 1.32. The van der Waals surface area contributed by atoms with E-state index in [0.717, 1.165) is 18.4 Å². The number of amides is 1. The number of hydrogen-bond acceptors (Lipinski definition) is 3. The summed E-state index contributed by atoms with van der Waals surface area (Å²) in [5.41, 5.74) is 2.01. The van der Waals surface area contributed by atoms with Crippen LogP contribution in [0.25, 0.3) is 0 Å². The van der Waals surface area contributed by atoms with Crippen LogP contribution in [0.4, 0.5) is 0 Å². The number of benzene rings is 2. The Morgan fingerprint density at radius 1 is 1.04 bits per heavy atom. The molecule has 0 N–H and O–H groups in total. The van der Waals surface area contributed by atoms with E-state index in [1.54, 1.807) is 6.07 Å². The molecule has 0 fully saturated rings. The van der Waals surface area contributed by atoms with Gasteiger partial charge in [0, 0.05) is 18.0 Å². The van der Waals surface area contributed by atoms with E-state index < -0.39 is 5.97 Å². The second kappa shape index (κ2) is 9.84. The van der Waals surface area contributed by atoms with Gasteiger partial charge in [-0.15, -0.1) is 0 Å². The maximum atomic E-state index is 12.6. The number of rotatable bonds is 8. The van der Waals surface area contributed by atoms with Crippen LogP contribution in [0.3, 0.4) is 0 Å². The van der Waals surface area contributed by atoms with Crippen molar-refractivity contribution in [2.24, 2.45) is 0 Å². The summed E-state index contributed by atoms with van der Waals surface area (Å²) in [5, 5.41) is 0.578. The summed E-state index contributed by atoms with van der Waals surface area (Å²) in [6.07, 6.45) is 1.92. The summed E-state index contributed by atoms with van der Waals surface area (Å²) in [6, 6.07) is 17.3. The summed E-state index contributed by atoms with van der Waals surface area (Å²) >= 11 is 6.17. The van der Waals surface area contributed by atoms with Crippen molar-refractivity contribution >= 4 is 23.5 Å². The second-order valence-corrected chi connectivity index (χ2v) is 6.16. The van der Waals surface area contributed by atoms with Crippen LogP contribution in [-0.2, 0) is 27.3 Å². The van der Waals surface area contributed by atoms with Gasteiger partial charge in [-0.3, -0.25) is 9.59 Å². The van der Waals surface area contributed by atoms with Gasteiger partial charge in [-0.05, 0) is 30.0 Å². The zero-order valence-electron chi connectivity index (χ0n) is 14.3. The minimum absolute atomic E-state index is 0.0775. The van der Waals surface area contributed by atoms with Crippen molar-refractivity contribution in [1.82, 2.24) is 4.90 Å². The second-order valence-electron chi connectivity index (χ2n) is 5.76. The standard InChI is InChI=1S/C20H22ClNO3/c1-25-20(24)15-22(14-17-11-5-6-12-18(17)21)19(23)13-7-10-16-8-3-2-4-9-16/h2-6,8-9,11-12H,7,10,13-15H2,1H3. The third kappa shape index (κ3) is 6.24. The van der Waals surface area contributed by atoms with Crippen molar-refractivity contribution in [3.63, 3.8) is 0 Å². The highest BCUT2D eigenvalue weighted by atomic mass is 35.5. The molecule has 0 saturated heterocycles. The minimum Gasteiger partial charge on any atom is -0.468 e. The Kier molecular flexibility index (Phi) is 7.48.